The summed E-state index contributed by atoms with van der Waals surface area (Å²) < 4.78 is 18.7. The van der Waals surface area contributed by atoms with Crippen molar-refractivity contribution < 1.29 is 24.4 Å². The van der Waals surface area contributed by atoms with Gasteiger partial charge in [0.1, 0.15) is 30.2 Å². The van der Waals surface area contributed by atoms with E-state index in [0.717, 1.165) is 33.6 Å². The lowest BCUT2D eigenvalue weighted by atomic mass is 9.92. The minimum absolute atomic E-state index is 0.0158. The number of ether oxygens (including phenoxy) is 1. The van der Waals surface area contributed by atoms with Crippen LogP contribution in [0, 0.1) is 12.7 Å². The van der Waals surface area contributed by atoms with Crippen LogP contribution >= 0.6 is 11.3 Å². The number of aryl methyl sites for hydroxylation is 1. The molecule has 4 atom stereocenters. The lowest BCUT2D eigenvalue weighted by molar-refractivity contribution is -0.189. The summed E-state index contributed by atoms with van der Waals surface area (Å²) in [4.78, 5) is 2.25. The van der Waals surface area contributed by atoms with Gasteiger partial charge in [-0.05, 0) is 53.4 Å². The average molecular weight is 414 g/mol. The molecule has 1 aliphatic heterocycles. The maximum atomic E-state index is 13.1. The molecule has 3 aromatic rings. The minimum atomic E-state index is -1.23. The van der Waals surface area contributed by atoms with E-state index in [4.69, 9.17) is 4.74 Å². The van der Waals surface area contributed by atoms with Crippen LogP contribution in [0.2, 0.25) is 0 Å². The van der Waals surface area contributed by atoms with E-state index in [1.165, 1.54) is 17.0 Å². The zero-order valence-electron chi connectivity index (χ0n) is 16.0. The van der Waals surface area contributed by atoms with Crippen LogP contribution in [0.5, 0.6) is 0 Å². The summed E-state index contributed by atoms with van der Waals surface area (Å²) in [5.74, 6) is -0.247. The second-order valence-corrected chi connectivity index (χ2v) is 8.61. The summed E-state index contributed by atoms with van der Waals surface area (Å²) >= 11 is 1.66. The fourth-order valence-corrected chi connectivity index (χ4v) is 4.62. The standard InChI is InChI=1S/C23H23FO4S/c1-13-2-3-15(23-22(27)21(26)19(25)12-28-23)10-16(13)11-18-8-9-20(29-18)14-4-6-17(24)7-5-14/h2-10,19,21-23,25-27H,11-12H2,1H3. The normalized spacial score (nSPS) is 24.6. The number of hydrogen-bond donors (Lipinski definition) is 3. The Morgan fingerprint density at radius 1 is 1.00 bits per heavy atom. The van der Waals surface area contributed by atoms with Crippen molar-refractivity contribution in [3.8, 4) is 10.4 Å². The van der Waals surface area contributed by atoms with E-state index in [2.05, 4.69) is 6.07 Å². The second kappa shape index (κ2) is 8.34. The second-order valence-electron chi connectivity index (χ2n) is 7.44. The Kier molecular flexibility index (Phi) is 5.81. The number of hydrogen-bond acceptors (Lipinski definition) is 5. The highest BCUT2D eigenvalue weighted by molar-refractivity contribution is 7.15. The van der Waals surface area contributed by atoms with E-state index in [1.54, 1.807) is 23.5 Å². The summed E-state index contributed by atoms with van der Waals surface area (Å²) in [6.45, 7) is 2.02. The Balaban J connectivity index is 1.55. The van der Waals surface area contributed by atoms with Gasteiger partial charge in [0, 0.05) is 16.2 Å². The van der Waals surface area contributed by atoms with E-state index in [0.29, 0.717) is 0 Å². The molecule has 4 nitrogen and oxygen atoms in total. The third-order valence-electron chi connectivity index (χ3n) is 5.36. The molecule has 1 aliphatic rings. The van der Waals surface area contributed by atoms with Crippen LogP contribution in [-0.4, -0.2) is 40.2 Å². The SMILES string of the molecule is Cc1ccc(C2OCC(O)C(O)C2O)cc1Cc1ccc(-c2ccc(F)cc2)s1. The number of halogens is 1. The molecule has 4 unspecified atom stereocenters. The first-order valence-electron chi connectivity index (χ1n) is 9.52. The van der Waals surface area contributed by atoms with Crippen LogP contribution in [0.3, 0.4) is 0 Å². The largest absolute Gasteiger partial charge is 0.388 e. The molecule has 0 bridgehead atoms. The summed E-state index contributed by atoms with van der Waals surface area (Å²) in [7, 11) is 0. The van der Waals surface area contributed by atoms with E-state index in [-0.39, 0.29) is 12.4 Å². The van der Waals surface area contributed by atoms with Crippen molar-refractivity contribution in [2.75, 3.05) is 6.61 Å². The summed E-state index contributed by atoms with van der Waals surface area (Å²) in [6.07, 6.45) is -3.44. The van der Waals surface area contributed by atoms with Crippen molar-refractivity contribution in [1.29, 1.82) is 0 Å². The molecule has 29 heavy (non-hydrogen) atoms. The predicted molar refractivity (Wildman–Crippen MR) is 110 cm³/mol. The number of aliphatic hydroxyl groups is 3. The molecule has 1 saturated heterocycles. The molecule has 0 aliphatic carbocycles. The lowest BCUT2D eigenvalue weighted by Crippen LogP contribution is -2.49. The maximum Gasteiger partial charge on any atom is 0.123 e. The molecule has 2 heterocycles. The highest BCUT2D eigenvalue weighted by Gasteiger charge is 2.38. The smallest absolute Gasteiger partial charge is 0.123 e. The Labute approximate surface area is 172 Å². The van der Waals surface area contributed by atoms with Crippen LogP contribution in [0.15, 0.2) is 54.6 Å². The lowest BCUT2D eigenvalue weighted by Gasteiger charge is -2.35. The molecule has 0 radical (unpaired) electrons. The fourth-order valence-electron chi connectivity index (χ4n) is 3.59. The third-order valence-corrected chi connectivity index (χ3v) is 6.49. The van der Waals surface area contributed by atoms with Crippen LogP contribution in [0.25, 0.3) is 10.4 Å². The molecule has 1 fully saturated rings. The first kappa shape index (κ1) is 20.2. The molecule has 0 amide bonds. The zero-order chi connectivity index (χ0) is 20.5. The highest BCUT2D eigenvalue weighted by Crippen LogP contribution is 2.33. The van der Waals surface area contributed by atoms with Gasteiger partial charge in [0.15, 0.2) is 0 Å². The van der Waals surface area contributed by atoms with Crippen LogP contribution in [0.1, 0.15) is 27.7 Å². The molecular formula is C23H23FO4S. The number of aliphatic hydroxyl groups excluding tert-OH is 3. The highest BCUT2D eigenvalue weighted by atomic mass is 32.1. The van der Waals surface area contributed by atoms with Gasteiger partial charge in [-0.2, -0.15) is 0 Å². The van der Waals surface area contributed by atoms with E-state index >= 15 is 0 Å². The van der Waals surface area contributed by atoms with Gasteiger partial charge in [0.2, 0.25) is 0 Å². The average Bonchev–Trinajstić information content (AvgIpc) is 3.17. The molecule has 6 heteroatoms. The molecular weight excluding hydrogens is 391 g/mol. The molecule has 3 N–H and O–H groups in total. The van der Waals surface area contributed by atoms with Crippen molar-refractivity contribution in [2.45, 2.75) is 37.8 Å². The van der Waals surface area contributed by atoms with Crippen LogP contribution in [0.4, 0.5) is 4.39 Å². The fraction of sp³-hybridized carbons (Fsp3) is 0.304. The van der Waals surface area contributed by atoms with Crippen molar-refractivity contribution >= 4 is 11.3 Å². The quantitative estimate of drug-likeness (QED) is 0.610. The molecule has 0 spiro atoms. The predicted octanol–water partition coefficient (Wildman–Crippen LogP) is 3.61. The third kappa shape index (κ3) is 4.27. The first-order valence-corrected chi connectivity index (χ1v) is 10.3. The van der Waals surface area contributed by atoms with Gasteiger partial charge >= 0.3 is 0 Å². The Morgan fingerprint density at radius 3 is 2.52 bits per heavy atom. The van der Waals surface area contributed by atoms with Gasteiger partial charge in [-0.1, -0.05) is 30.3 Å². The summed E-state index contributed by atoms with van der Waals surface area (Å²) in [5.41, 5.74) is 3.99. The van der Waals surface area contributed by atoms with Gasteiger partial charge in [-0.25, -0.2) is 4.39 Å². The molecule has 1 aromatic heterocycles. The van der Waals surface area contributed by atoms with Crippen molar-refractivity contribution in [2.24, 2.45) is 0 Å². The Hall–Kier alpha value is -2.09. The Morgan fingerprint density at radius 2 is 1.76 bits per heavy atom. The topological polar surface area (TPSA) is 69.9 Å². The van der Waals surface area contributed by atoms with E-state index < -0.39 is 24.4 Å². The molecule has 152 valence electrons. The van der Waals surface area contributed by atoms with Gasteiger partial charge in [-0.3, -0.25) is 0 Å². The zero-order valence-corrected chi connectivity index (χ0v) is 16.8. The van der Waals surface area contributed by atoms with Crippen molar-refractivity contribution in [1.82, 2.24) is 0 Å². The molecule has 0 saturated carbocycles. The number of benzene rings is 2. The number of thiophene rings is 1. The van der Waals surface area contributed by atoms with Gasteiger partial charge in [0.05, 0.1) is 6.61 Å². The molecule has 2 aromatic carbocycles. The van der Waals surface area contributed by atoms with Gasteiger partial charge in [0.25, 0.3) is 0 Å². The Bertz CT molecular complexity index is 985. The van der Waals surface area contributed by atoms with Crippen molar-refractivity contribution in [3.63, 3.8) is 0 Å². The molecule has 4 rings (SSSR count). The minimum Gasteiger partial charge on any atom is -0.388 e. The van der Waals surface area contributed by atoms with Crippen LogP contribution in [-0.2, 0) is 11.2 Å². The summed E-state index contributed by atoms with van der Waals surface area (Å²) in [5, 5.41) is 29.9. The van der Waals surface area contributed by atoms with E-state index in [1.807, 2.05) is 31.2 Å². The van der Waals surface area contributed by atoms with E-state index in [9.17, 15) is 19.7 Å². The van der Waals surface area contributed by atoms with Crippen LogP contribution < -0.4 is 0 Å². The summed E-state index contributed by atoms with van der Waals surface area (Å²) in [6, 6.07) is 16.4. The number of rotatable bonds is 4. The van der Waals surface area contributed by atoms with Gasteiger partial charge < -0.3 is 20.1 Å². The van der Waals surface area contributed by atoms with Crippen molar-refractivity contribution in [3.05, 3.63) is 82.0 Å². The first-order chi connectivity index (χ1) is 13.9. The van der Waals surface area contributed by atoms with Gasteiger partial charge in [-0.15, -0.1) is 11.3 Å². The maximum absolute atomic E-state index is 13.1. The monoisotopic (exact) mass is 414 g/mol.